The second-order valence-corrected chi connectivity index (χ2v) is 9.78. The van der Waals surface area contributed by atoms with Gasteiger partial charge >= 0.3 is 0 Å². The summed E-state index contributed by atoms with van der Waals surface area (Å²) >= 11 is 0. The zero-order valence-electron chi connectivity index (χ0n) is 14.8. The predicted molar refractivity (Wildman–Crippen MR) is 101 cm³/mol. The molecule has 26 heavy (non-hydrogen) atoms. The minimum Gasteiger partial charge on any atom is -0.301 e. The van der Waals surface area contributed by atoms with Crippen molar-refractivity contribution in [3.63, 3.8) is 0 Å². The fourth-order valence-corrected chi connectivity index (χ4v) is 6.71. The lowest BCUT2D eigenvalue weighted by molar-refractivity contribution is 0.184. The Bertz CT molecular complexity index is 924. The lowest BCUT2D eigenvalue weighted by atomic mass is 9.88. The van der Waals surface area contributed by atoms with Gasteiger partial charge in [-0.15, -0.1) is 0 Å². The van der Waals surface area contributed by atoms with Crippen LogP contribution in [0.5, 0.6) is 0 Å². The SMILES string of the molecule is O=S1(=O)c2ccccc2[C@]2(CCN(CC3CC3)C2)N1Cc1ccccc1. The molecule has 136 valence electrons. The fraction of sp³-hybridized carbons (Fsp3) is 0.429. The Labute approximate surface area is 155 Å². The Balaban J connectivity index is 1.57. The standard InChI is InChI=1S/C21H24N2O2S/c24-26(25)20-9-5-4-8-19(20)21(12-13-22(16-21)14-18-10-11-18)23(26)15-17-6-2-1-3-7-17/h1-9,18H,10-16H2/t21-/m1/s1. The first-order chi connectivity index (χ1) is 12.6. The highest BCUT2D eigenvalue weighted by Gasteiger charge is 2.56. The van der Waals surface area contributed by atoms with E-state index in [4.69, 9.17) is 0 Å². The molecule has 0 amide bonds. The first-order valence-corrected chi connectivity index (χ1v) is 10.9. The molecular weight excluding hydrogens is 344 g/mol. The molecule has 5 heteroatoms. The van der Waals surface area contributed by atoms with E-state index in [1.807, 2.05) is 48.5 Å². The molecule has 2 heterocycles. The van der Waals surface area contributed by atoms with Crippen molar-refractivity contribution in [1.82, 2.24) is 9.21 Å². The van der Waals surface area contributed by atoms with E-state index in [1.54, 1.807) is 10.4 Å². The molecule has 2 fully saturated rings. The van der Waals surface area contributed by atoms with Crippen molar-refractivity contribution in [3.05, 3.63) is 65.7 Å². The Morgan fingerprint density at radius 1 is 1.00 bits per heavy atom. The van der Waals surface area contributed by atoms with Gasteiger partial charge in [-0.05, 0) is 42.4 Å². The molecule has 2 aromatic rings. The molecule has 0 N–H and O–H groups in total. The maximum absolute atomic E-state index is 13.4. The van der Waals surface area contributed by atoms with E-state index in [-0.39, 0.29) is 0 Å². The first kappa shape index (κ1) is 16.5. The van der Waals surface area contributed by atoms with Crippen LogP contribution in [0, 0.1) is 5.92 Å². The van der Waals surface area contributed by atoms with Gasteiger partial charge in [0.2, 0.25) is 10.0 Å². The second-order valence-electron chi connectivity index (χ2n) is 7.95. The third-order valence-electron chi connectivity index (χ3n) is 6.14. The summed E-state index contributed by atoms with van der Waals surface area (Å²) in [5, 5.41) is 0. The highest BCUT2D eigenvalue weighted by Crippen LogP contribution is 2.50. The second kappa shape index (κ2) is 5.91. The van der Waals surface area contributed by atoms with E-state index in [9.17, 15) is 8.42 Å². The van der Waals surface area contributed by atoms with Crippen molar-refractivity contribution in [2.75, 3.05) is 19.6 Å². The van der Waals surface area contributed by atoms with Crippen molar-refractivity contribution in [3.8, 4) is 0 Å². The molecular formula is C21H24N2O2S. The highest BCUT2D eigenvalue weighted by atomic mass is 32.2. The van der Waals surface area contributed by atoms with Crippen LogP contribution in [0.1, 0.15) is 30.4 Å². The zero-order valence-corrected chi connectivity index (χ0v) is 15.7. The lowest BCUT2D eigenvalue weighted by Gasteiger charge is -2.34. The summed E-state index contributed by atoms with van der Waals surface area (Å²) in [7, 11) is -3.47. The Morgan fingerprint density at radius 2 is 1.73 bits per heavy atom. The van der Waals surface area contributed by atoms with Gasteiger partial charge in [-0.1, -0.05) is 48.5 Å². The van der Waals surface area contributed by atoms with Crippen LogP contribution < -0.4 is 0 Å². The van der Waals surface area contributed by atoms with Gasteiger partial charge in [-0.25, -0.2) is 8.42 Å². The van der Waals surface area contributed by atoms with E-state index in [1.165, 1.54) is 12.8 Å². The summed E-state index contributed by atoms with van der Waals surface area (Å²) in [6, 6.07) is 17.6. The van der Waals surface area contributed by atoms with Gasteiger partial charge in [0.1, 0.15) is 0 Å². The van der Waals surface area contributed by atoms with Crippen molar-refractivity contribution in [1.29, 1.82) is 0 Å². The van der Waals surface area contributed by atoms with Gasteiger partial charge in [0.15, 0.2) is 0 Å². The average molecular weight is 369 g/mol. The maximum Gasteiger partial charge on any atom is 0.244 e. The molecule has 1 saturated heterocycles. The summed E-state index contributed by atoms with van der Waals surface area (Å²) in [5.41, 5.74) is 1.62. The smallest absolute Gasteiger partial charge is 0.244 e. The molecule has 1 atom stereocenters. The van der Waals surface area contributed by atoms with Crippen LogP contribution in [0.25, 0.3) is 0 Å². The molecule has 2 aliphatic heterocycles. The molecule has 2 aromatic carbocycles. The van der Waals surface area contributed by atoms with Crippen LogP contribution in [0.15, 0.2) is 59.5 Å². The molecule has 5 rings (SSSR count). The van der Waals surface area contributed by atoms with Crippen LogP contribution >= 0.6 is 0 Å². The van der Waals surface area contributed by atoms with E-state index >= 15 is 0 Å². The maximum atomic E-state index is 13.4. The minimum atomic E-state index is -3.47. The zero-order chi connectivity index (χ0) is 17.8. The third-order valence-corrected chi connectivity index (χ3v) is 8.11. The number of hydrogen-bond acceptors (Lipinski definition) is 3. The molecule has 0 aromatic heterocycles. The van der Waals surface area contributed by atoms with Crippen LogP contribution in [-0.2, 0) is 22.1 Å². The molecule has 0 bridgehead atoms. The van der Waals surface area contributed by atoms with Gasteiger partial charge in [0, 0.05) is 26.2 Å². The number of fused-ring (bicyclic) bond motifs is 2. The largest absolute Gasteiger partial charge is 0.301 e. The van der Waals surface area contributed by atoms with Crippen molar-refractivity contribution < 1.29 is 8.42 Å². The fourth-order valence-electron chi connectivity index (χ4n) is 4.66. The topological polar surface area (TPSA) is 40.6 Å². The van der Waals surface area contributed by atoms with Crippen LogP contribution in [0.2, 0.25) is 0 Å². The first-order valence-electron chi connectivity index (χ1n) is 9.48. The summed E-state index contributed by atoms with van der Waals surface area (Å²) in [5.74, 6) is 0.820. The van der Waals surface area contributed by atoms with Crippen molar-refractivity contribution in [2.45, 2.75) is 36.2 Å². The Kier molecular flexibility index (Phi) is 3.75. The number of nitrogens with zero attached hydrogens (tertiary/aromatic N) is 2. The number of hydrogen-bond donors (Lipinski definition) is 0. The van der Waals surface area contributed by atoms with Crippen LogP contribution in [0.3, 0.4) is 0 Å². The van der Waals surface area contributed by atoms with Crippen LogP contribution in [0.4, 0.5) is 0 Å². The number of likely N-dealkylation sites (tertiary alicyclic amines) is 1. The van der Waals surface area contributed by atoms with Crippen molar-refractivity contribution in [2.24, 2.45) is 5.92 Å². The van der Waals surface area contributed by atoms with E-state index in [0.29, 0.717) is 11.4 Å². The monoisotopic (exact) mass is 368 g/mol. The third kappa shape index (κ3) is 2.53. The number of benzene rings is 2. The highest BCUT2D eigenvalue weighted by molar-refractivity contribution is 7.89. The van der Waals surface area contributed by atoms with Gasteiger partial charge in [0.05, 0.1) is 10.4 Å². The molecule has 1 aliphatic carbocycles. The Hall–Kier alpha value is -1.69. The van der Waals surface area contributed by atoms with E-state index in [0.717, 1.165) is 43.1 Å². The van der Waals surface area contributed by atoms with Gasteiger partial charge in [-0.2, -0.15) is 4.31 Å². The van der Waals surface area contributed by atoms with E-state index < -0.39 is 15.6 Å². The van der Waals surface area contributed by atoms with Gasteiger partial charge in [-0.3, -0.25) is 0 Å². The van der Waals surface area contributed by atoms with Crippen molar-refractivity contribution >= 4 is 10.0 Å². The van der Waals surface area contributed by atoms with E-state index in [2.05, 4.69) is 4.90 Å². The van der Waals surface area contributed by atoms with Crippen LogP contribution in [-0.4, -0.2) is 37.3 Å². The Morgan fingerprint density at radius 3 is 2.50 bits per heavy atom. The van der Waals surface area contributed by atoms with Gasteiger partial charge < -0.3 is 4.90 Å². The lowest BCUT2D eigenvalue weighted by Crippen LogP contribution is -2.45. The normalized spacial score (nSPS) is 27.8. The summed E-state index contributed by atoms with van der Waals surface area (Å²) in [6.07, 6.45) is 3.53. The summed E-state index contributed by atoms with van der Waals surface area (Å²) < 4.78 is 28.6. The molecule has 0 radical (unpaired) electrons. The average Bonchev–Trinajstić information content (AvgIpc) is 3.34. The molecule has 0 unspecified atom stereocenters. The minimum absolute atomic E-state index is 0.417. The number of sulfonamides is 1. The predicted octanol–water partition coefficient (Wildman–Crippen LogP) is 3.20. The molecule has 4 nitrogen and oxygen atoms in total. The molecule has 1 saturated carbocycles. The molecule has 3 aliphatic rings. The van der Waals surface area contributed by atoms with Gasteiger partial charge in [0.25, 0.3) is 0 Å². The molecule has 1 spiro atoms. The quantitative estimate of drug-likeness (QED) is 0.832. The summed E-state index contributed by atoms with van der Waals surface area (Å²) in [4.78, 5) is 2.98. The summed E-state index contributed by atoms with van der Waals surface area (Å²) in [6.45, 7) is 3.34. The number of rotatable bonds is 4.